The number of hydrogen-bond donors (Lipinski definition) is 2. The maximum Gasteiger partial charge on any atom is 0.161 e. The molecule has 0 fully saturated rings. The summed E-state index contributed by atoms with van der Waals surface area (Å²) < 4.78 is 0. The second-order valence-corrected chi connectivity index (χ2v) is 6.61. The van der Waals surface area contributed by atoms with Gasteiger partial charge in [-0.05, 0) is 30.3 Å². The Morgan fingerprint density at radius 2 is 1.57 bits per heavy atom. The van der Waals surface area contributed by atoms with Gasteiger partial charge < -0.3 is 4.98 Å². The monoisotopic (exact) mass is 391 g/mol. The second kappa shape index (κ2) is 6.52. The smallest absolute Gasteiger partial charge is 0.161 e. The minimum absolute atomic E-state index is 0.602. The van der Waals surface area contributed by atoms with Crippen molar-refractivity contribution < 1.29 is 0 Å². The lowest BCUT2D eigenvalue weighted by Gasteiger charge is -1.99. The van der Waals surface area contributed by atoms with Gasteiger partial charge in [-0.25, -0.2) is 9.97 Å². The Kier molecular flexibility index (Phi) is 3.57. The van der Waals surface area contributed by atoms with Crippen molar-refractivity contribution in [1.29, 1.82) is 0 Å². The van der Waals surface area contributed by atoms with Crippen LogP contribution in [0.3, 0.4) is 0 Å². The van der Waals surface area contributed by atoms with E-state index in [9.17, 15) is 0 Å². The van der Waals surface area contributed by atoms with Gasteiger partial charge in [0, 0.05) is 24.8 Å². The summed E-state index contributed by atoms with van der Waals surface area (Å²) in [6, 6.07) is 11.4. The lowest BCUT2D eigenvalue weighted by Crippen LogP contribution is -1.90. The van der Waals surface area contributed by atoms with Crippen LogP contribution in [0.2, 0.25) is 0 Å². The Hall–Kier alpha value is -4.53. The number of nitrogens with zero attached hydrogens (tertiary/aromatic N) is 7. The number of imidazole rings is 1. The summed E-state index contributed by atoms with van der Waals surface area (Å²) in [5.74, 6) is 0.602. The SMILES string of the molecule is c1ccc(-c2nccc3[nH]c(-c4n[nH]c5ccc(-c6cnccn6)nc45)nc23)nc1. The van der Waals surface area contributed by atoms with Crippen molar-refractivity contribution in [3.63, 3.8) is 0 Å². The predicted molar refractivity (Wildman–Crippen MR) is 111 cm³/mol. The van der Waals surface area contributed by atoms with E-state index in [4.69, 9.17) is 9.97 Å². The summed E-state index contributed by atoms with van der Waals surface area (Å²) in [6.07, 6.45) is 8.43. The summed E-state index contributed by atoms with van der Waals surface area (Å²) >= 11 is 0. The number of aromatic amines is 2. The summed E-state index contributed by atoms with van der Waals surface area (Å²) in [5, 5.41) is 7.46. The summed E-state index contributed by atoms with van der Waals surface area (Å²) in [7, 11) is 0. The van der Waals surface area contributed by atoms with E-state index in [1.54, 1.807) is 31.0 Å². The molecule has 0 amide bonds. The van der Waals surface area contributed by atoms with Crippen molar-refractivity contribution in [3.8, 4) is 34.3 Å². The fourth-order valence-electron chi connectivity index (χ4n) is 3.38. The molecule has 6 rings (SSSR count). The summed E-state index contributed by atoms with van der Waals surface area (Å²) in [6.45, 7) is 0. The molecular formula is C21H13N9. The summed E-state index contributed by atoms with van der Waals surface area (Å²) in [4.78, 5) is 30.2. The third-order valence-electron chi connectivity index (χ3n) is 4.77. The number of pyridine rings is 3. The highest BCUT2D eigenvalue weighted by atomic mass is 15.2. The maximum atomic E-state index is 4.78. The molecule has 0 radical (unpaired) electrons. The average molecular weight is 391 g/mol. The molecule has 142 valence electrons. The topological polar surface area (TPSA) is 122 Å². The van der Waals surface area contributed by atoms with E-state index >= 15 is 0 Å². The first-order chi connectivity index (χ1) is 14.9. The fraction of sp³-hybridized carbons (Fsp3) is 0. The van der Waals surface area contributed by atoms with Crippen molar-refractivity contribution in [2.24, 2.45) is 0 Å². The molecule has 9 heteroatoms. The van der Waals surface area contributed by atoms with Gasteiger partial charge in [-0.1, -0.05) is 6.07 Å². The molecule has 30 heavy (non-hydrogen) atoms. The third-order valence-corrected chi connectivity index (χ3v) is 4.77. The fourth-order valence-corrected chi connectivity index (χ4v) is 3.38. The van der Waals surface area contributed by atoms with Crippen LogP contribution in [0, 0.1) is 0 Å². The quantitative estimate of drug-likeness (QED) is 0.474. The van der Waals surface area contributed by atoms with Crippen molar-refractivity contribution in [3.05, 3.63) is 67.4 Å². The van der Waals surface area contributed by atoms with E-state index in [2.05, 4.69) is 35.1 Å². The maximum absolute atomic E-state index is 4.78. The van der Waals surface area contributed by atoms with Gasteiger partial charge in [-0.2, -0.15) is 5.10 Å². The molecule has 2 N–H and O–H groups in total. The second-order valence-electron chi connectivity index (χ2n) is 6.61. The van der Waals surface area contributed by atoms with Gasteiger partial charge >= 0.3 is 0 Å². The zero-order valence-corrected chi connectivity index (χ0v) is 15.5. The Balaban J connectivity index is 1.52. The van der Waals surface area contributed by atoms with Crippen LogP contribution in [0.25, 0.3) is 56.4 Å². The van der Waals surface area contributed by atoms with Gasteiger partial charge in [-0.15, -0.1) is 0 Å². The lowest BCUT2D eigenvalue weighted by atomic mass is 10.2. The molecule has 0 spiro atoms. The van der Waals surface area contributed by atoms with Crippen LogP contribution in [0.5, 0.6) is 0 Å². The first kappa shape index (κ1) is 16.4. The van der Waals surface area contributed by atoms with Crippen LogP contribution in [-0.2, 0) is 0 Å². The zero-order chi connectivity index (χ0) is 19.9. The number of aromatic nitrogens is 9. The van der Waals surface area contributed by atoms with E-state index in [0.717, 1.165) is 22.2 Å². The third kappa shape index (κ3) is 2.60. The normalized spacial score (nSPS) is 11.3. The molecule has 0 atom stereocenters. The van der Waals surface area contributed by atoms with E-state index in [0.29, 0.717) is 34.1 Å². The van der Waals surface area contributed by atoms with Gasteiger partial charge in [0.05, 0.1) is 28.6 Å². The average Bonchev–Trinajstić information content (AvgIpc) is 3.43. The van der Waals surface area contributed by atoms with Crippen LogP contribution in [0.1, 0.15) is 0 Å². The highest BCUT2D eigenvalue weighted by molar-refractivity contribution is 5.94. The van der Waals surface area contributed by atoms with Crippen LogP contribution in [-0.4, -0.2) is 45.1 Å². The molecule has 0 bridgehead atoms. The largest absolute Gasteiger partial charge is 0.336 e. The van der Waals surface area contributed by atoms with Crippen LogP contribution < -0.4 is 0 Å². The zero-order valence-electron chi connectivity index (χ0n) is 15.5. The standard InChI is InChI=1S/C21H13N9/c1-2-7-23-13(3-1)17-18-14(6-8-25-17)27-21(28-18)20-19-15(29-30-20)5-4-12(26-19)16-11-22-9-10-24-16/h1-11H,(H,27,28)(H,29,30). The predicted octanol–water partition coefficient (Wildman–Crippen LogP) is 3.42. The summed E-state index contributed by atoms with van der Waals surface area (Å²) in [5.41, 5.74) is 6.58. The molecule has 0 saturated carbocycles. The Labute approximate surface area is 169 Å². The molecule has 0 saturated heterocycles. The van der Waals surface area contributed by atoms with E-state index in [-0.39, 0.29) is 0 Å². The highest BCUT2D eigenvalue weighted by Crippen LogP contribution is 2.29. The number of hydrogen-bond acceptors (Lipinski definition) is 7. The first-order valence-corrected chi connectivity index (χ1v) is 9.25. The van der Waals surface area contributed by atoms with Crippen LogP contribution in [0.4, 0.5) is 0 Å². The molecular weight excluding hydrogens is 378 g/mol. The molecule has 0 aliphatic rings. The lowest BCUT2D eigenvalue weighted by molar-refractivity contribution is 1.10. The van der Waals surface area contributed by atoms with Crippen LogP contribution >= 0.6 is 0 Å². The molecule has 9 nitrogen and oxygen atoms in total. The first-order valence-electron chi connectivity index (χ1n) is 9.25. The number of H-pyrrole nitrogens is 2. The molecule has 0 aromatic carbocycles. The van der Waals surface area contributed by atoms with Crippen molar-refractivity contribution >= 4 is 22.1 Å². The Morgan fingerprint density at radius 3 is 2.43 bits per heavy atom. The van der Waals surface area contributed by atoms with Gasteiger partial charge in [0.25, 0.3) is 0 Å². The van der Waals surface area contributed by atoms with Gasteiger partial charge in [0.2, 0.25) is 0 Å². The minimum atomic E-state index is 0.602. The molecule has 0 aliphatic carbocycles. The molecule has 0 aliphatic heterocycles. The van der Waals surface area contributed by atoms with Crippen molar-refractivity contribution in [2.45, 2.75) is 0 Å². The highest BCUT2D eigenvalue weighted by Gasteiger charge is 2.17. The van der Waals surface area contributed by atoms with Gasteiger partial charge in [-0.3, -0.25) is 25.0 Å². The Morgan fingerprint density at radius 1 is 0.633 bits per heavy atom. The van der Waals surface area contributed by atoms with Crippen molar-refractivity contribution in [2.75, 3.05) is 0 Å². The van der Waals surface area contributed by atoms with E-state index in [1.165, 1.54) is 0 Å². The minimum Gasteiger partial charge on any atom is -0.336 e. The molecule has 6 aromatic heterocycles. The van der Waals surface area contributed by atoms with Crippen molar-refractivity contribution in [1.82, 2.24) is 45.1 Å². The van der Waals surface area contributed by atoms with Gasteiger partial charge in [0.1, 0.15) is 22.4 Å². The molecule has 6 aromatic rings. The molecule has 0 unspecified atom stereocenters. The number of fused-ring (bicyclic) bond motifs is 2. The Bertz CT molecular complexity index is 1490. The molecule has 6 heterocycles. The number of rotatable bonds is 3. The van der Waals surface area contributed by atoms with Crippen LogP contribution in [0.15, 0.2) is 67.4 Å². The number of nitrogens with one attached hydrogen (secondary N) is 2. The van der Waals surface area contributed by atoms with Gasteiger partial charge in [0.15, 0.2) is 11.5 Å². The van der Waals surface area contributed by atoms with E-state index in [1.807, 2.05) is 36.4 Å². The van der Waals surface area contributed by atoms with E-state index < -0.39 is 0 Å².